The highest BCUT2D eigenvalue weighted by Crippen LogP contribution is 2.64. The number of aryl methyl sites for hydroxylation is 1. The molecule has 0 radical (unpaired) electrons. The number of aromatic nitrogens is 2. The van der Waals surface area contributed by atoms with Gasteiger partial charge >= 0.3 is 5.97 Å². The van der Waals surface area contributed by atoms with Crippen molar-refractivity contribution in [1.82, 2.24) is 9.38 Å². The number of esters is 1. The number of thiazole rings is 1. The standard InChI is InChI=1S/C13H12Cl2N2O3S/c1-7-5-21-11-16-8(3-9(18)17(7)11)4-20-10(19)12(2)6-13(12,14)15/h3,5H,4,6H2,1-2H3/t12-/m1/s1. The molecule has 1 saturated carbocycles. The first-order valence-electron chi connectivity index (χ1n) is 6.26. The van der Waals surface area contributed by atoms with Crippen molar-refractivity contribution in [3.63, 3.8) is 0 Å². The number of hydrogen-bond acceptors (Lipinski definition) is 5. The molecule has 0 unspecified atom stereocenters. The molecule has 5 nitrogen and oxygen atoms in total. The fourth-order valence-corrected chi connectivity index (χ4v) is 3.67. The van der Waals surface area contributed by atoms with E-state index in [0.717, 1.165) is 5.69 Å². The molecule has 2 aromatic heterocycles. The van der Waals surface area contributed by atoms with Gasteiger partial charge in [-0.05, 0) is 13.8 Å². The van der Waals surface area contributed by atoms with Crippen molar-refractivity contribution in [3.8, 4) is 0 Å². The smallest absolute Gasteiger partial charge is 0.315 e. The van der Waals surface area contributed by atoms with Crippen LogP contribution in [0.4, 0.5) is 0 Å². The van der Waals surface area contributed by atoms with Gasteiger partial charge < -0.3 is 4.74 Å². The lowest BCUT2D eigenvalue weighted by Crippen LogP contribution is -2.22. The highest BCUT2D eigenvalue weighted by molar-refractivity contribution is 7.15. The monoisotopic (exact) mass is 346 g/mol. The summed E-state index contributed by atoms with van der Waals surface area (Å²) in [6.07, 6.45) is 0.362. The molecule has 0 aliphatic heterocycles. The second-order valence-corrected chi connectivity index (χ2v) is 7.69. The van der Waals surface area contributed by atoms with Crippen molar-refractivity contribution in [3.05, 3.63) is 33.2 Å². The molecule has 1 aliphatic carbocycles. The third kappa shape index (κ3) is 2.35. The zero-order chi connectivity index (χ0) is 15.4. The lowest BCUT2D eigenvalue weighted by Gasteiger charge is -2.11. The van der Waals surface area contributed by atoms with E-state index in [9.17, 15) is 9.59 Å². The van der Waals surface area contributed by atoms with Crippen LogP contribution in [-0.2, 0) is 16.1 Å². The number of nitrogens with zero attached hydrogens (tertiary/aromatic N) is 2. The van der Waals surface area contributed by atoms with E-state index in [1.807, 2.05) is 12.3 Å². The van der Waals surface area contributed by atoms with E-state index in [0.29, 0.717) is 17.1 Å². The summed E-state index contributed by atoms with van der Waals surface area (Å²) < 4.78 is 5.64. The predicted molar refractivity (Wildman–Crippen MR) is 81.0 cm³/mol. The van der Waals surface area contributed by atoms with E-state index in [1.54, 1.807) is 6.92 Å². The van der Waals surface area contributed by atoms with Crippen LogP contribution >= 0.6 is 34.5 Å². The summed E-state index contributed by atoms with van der Waals surface area (Å²) in [5, 5.41) is 1.85. The molecule has 2 heterocycles. The van der Waals surface area contributed by atoms with Gasteiger partial charge in [0.1, 0.15) is 16.4 Å². The summed E-state index contributed by atoms with van der Waals surface area (Å²) in [7, 11) is 0. The normalized spacial score (nSPS) is 23.2. The summed E-state index contributed by atoms with van der Waals surface area (Å²) in [5.41, 5.74) is 0.172. The average molecular weight is 347 g/mol. The van der Waals surface area contributed by atoms with Gasteiger partial charge in [-0.1, -0.05) is 0 Å². The summed E-state index contributed by atoms with van der Waals surface area (Å²) in [4.78, 5) is 28.8. The van der Waals surface area contributed by atoms with Crippen LogP contribution in [0.3, 0.4) is 0 Å². The molecule has 0 aromatic carbocycles. The Kier molecular flexibility index (Phi) is 3.31. The summed E-state index contributed by atoms with van der Waals surface area (Å²) in [6.45, 7) is 3.42. The lowest BCUT2D eigenvalue weighted by atomic mass is 10.1. The number of halogens is 2. The van der Waals surface area contributed by atoms with Crippen molar-refractivity contribution in [2.45, 2.75) is 31.2 Å². The van der Waals surface area contributed by atoms with Crippen molar-refractivity contribution in [1.29, 1.82) is 0 Å². The average Bonchev–Trinajstić information content (AvgIpc) is 2.74. The minimum atomic E-state index is -1.06. The minimum absolute atomic E-state index is 0.0685. The van der Waals surface area contributed by atoms with Crippen molar-refractivity contribution >= 4 is 45.5 Å². The van der Waals surface area contributed by atoms with Crippen LogP contribution in [0.25, 0.3) is 4.96 Å². The Morgan fingerprint density at radius 1 is 1.57 bits per heavy atom. The highest BCUT2D eigenvalue weighted by atomic mass is 35.5. The summed E-state index contributed by atoms with van der Waals surface area (Å²) in [5.74, 6) is -0.475. The van der Waals surface area contributed by atoms with E-state index < -0.39 is 15.7 Å². The van der Waals surface area contributed by atoms with Crippen LogP contribution in [0.5, 0.6) is 0 Å². The molecule has 0 saturated heterocycles. The Labute approximate surface area is 134 Å². The fraction of sp³-hybridized carbons (Fsp3) is 0.462. The van der Waals surface area contributed by atoms with E-state index >= 15 is 0 Å². The van der Waals surface area contributed by atoms with Gasteiger partial charge in [0.25, 0.3) is 5.56 Å². The molecule has 0 amide bonds. The van der Waals surface area contributed by atoms with E-state index in [-0.39, 0.29) is 12.2 Å². The van der Waals surface area contributed by atoms with Gasteiger partial charge in [-0.3, -0.25) is 14.0 Å². The first-order chi connectivity index (χ1) is 9.74. The number of hydrogen-bond donors (Lipinski definition) is 0. The van der Waals surface area contributed by atoms with E-state index in [4.69, 9.17) is 27.9 Å². The van der Waals surface area contributed by atoms with Crippen LogP contribution < -0.4 is 5.56 Å². The van der Waals surface area contributed by atoms with Gasteiger partial charge in [0.05, 0.1) is 5.69 Å². The maximum Gasteiger partial charge on any atom is 0.315 e. The molecule has 3 rings (SSSR count). The second-order valence-electron chi connectivity index (χ2n) is 5.37. The lowest BCUT2D eigenvalue weighted by molar-refractivity contribution is -0.151. The number of rotatable bonds is 3. The number of carbonyl (C=O) groups is 1. The van der Waals surface area contributed by atoms with Crippen molar-refractivity contribution in [2.24, 2.45) is 5.41 Å². The van der Waals surface area contributed by atoms with E-state index in [1.165, 1.54) is 21.8 Å². The Morgan fingerprint density at radius 2 is 2.24 bits per heavy atom. The third-order valence-electron chi connectivity index (χ3n) is 3.69. The molecule has 1 fully saturated rings. The second kappa shape index (κ2) is 4.69. The van der Waals surface area contributed by atoms with Gasteiger partial charge in [0.15, 0.2) is 4.96 Å². The van der Waals surface area contributed by atoms with Crippen LogP contribution in [0.1, 0.15) is 24.7 Å². The van der Waals surface area contributed by atoms with Gasteiger partial charge in [-0.25, -0.2) is 4.98 Å². The van der Waals surface area contributed by atoms with Gasteiger partial charge in [-0.2, -0.15) is 0 Å². The van der Waals surface area contributed by atoms with Gasteiger partial charge in [0, 0.05) is 23.6 Å². The van der Waals surface area contributed by atoms with Crippen LogP contribution in [0.15, 0.2) is 16.2 Å². The van der Waals surface area contributed by atoms with Crippen molar-refractivity contribution < 1.29 is 9.53 Å². The molecule has 0 bridgehead atoms. The highest BCUT2D eigenvalue weighted by Gasteiger charge is 2.69. The largest absolute Gasteiger partial charge is 0.459 e. The molecule has 1 aliphatic rings. The first kappa shape index (κ1) is 14.8. The van der Waals surface area contributed by atoms with Crippen LogP contribution in [0, 0.1) is 12.3 Å². The van der Waals surface area contributed by atoms with Crippen LogP contribution in [0.2, 0.25) is 0 Å². The molecule has 0 N–H and O–H groups in total. The Hall–Kier alpha value is -1.11. The zero-order valence-electron chi connectivity index (χ0n) is 11.4. The quantitative estimate of drug-likeness (QED) is 0.633. The molecule has 112 valence electrons. The first-order valence-corrected chi connectivity index (χ1v) is 7.90. The maximum absolute atomic E-state index is 12.0. The maximum atomic E-state index is 12.0. The molecular formula is C13H12Cl2N2O3S. The Balaban J connectivity index is 1.78. The number of alkyl halides is 2. The molecule has 21 heavy (non-hydrogen) atoms. The van der Waals surface area contributed by atoms with Crippen molar-refractivity contribution in [2.75, 3.05) is 0 Å². The third-order valence-corrected chi connectivity index (χ3v) is 5.73. The van der Waals surface area contributed by atoms with E-state index in [2.05, 4.69) is 4.98 Å². The zero-order valence-corrected chi connectivity index (χ0v) is 13.7. The summed E-state index contributed by atoms with van der Waals surface area (Å²) in [6, 6.07) is 1.36. The predicted octanol–water partition coefficient (Wildman–Crippen LogP) is 2.69. The Bertz CT molecular complexity index is 798. The van der Waals surface area contributed by atoms with Crippen LogP contribution in [-0.4, -0.2) is 19.7 Å². The topological polar surface area (TPSA) is 60.7 Å². The molecule has 8 heteroatoms. The number of fused-ring (bicyclic) bond motifs is 1. The Morgan fingerprint density at radius 3 is 2.86 bits per heavy atom. The summed E-state index contributed by atoms with van der Waals surface area (Å²) >= 11 is 13.2. The molecule has 1 atom stereocenters. The van der Waals surface area contributed by atoms with Gasteiger partial charge in [0.2, 0.25) is 0 Å². The number of carbonyl (C=O) groups excluding carboxylic acids is 1. The molecular weight excluding hydrogens is 335 g/mol. The SMILES string of the molecule is Cc1csc2nc(COC(=O)[C@@]3(C)CC3(Cl)Cl)cc(=O)n12. The fourth-order valence-electron chi connectivity index (χ4n) is 2.09. The molecule has 0 spiro atoms. The minimum Gasteiger partial charge on any atom is -0.459 e. The molecule has 2 aromatic rings. The number of ether oxygens (including phenoxy) is 1. The van der Waals surface area contributed by atoms with Gasteiger partial charge in [-0.15, -0.1) is 34.5 Å².